The van der Waals surface area contributed by atoms with Crippen LogP contribution in [0.25, 0.3) is 16.3 Å². The number of sulfonamides is 1. The highest BCUT2D eigenvalue weighted by atomic mass is 32.2. The predicted molar refractivity (Wildman–Crippen MR) is 146 cm³/mol. The van der Waals surface area contributed by atoms with E-state index in [1.165, 1.54) is 36.4 Å². The molecule has 0 fully saturated rings. The number of carbonyl (C=O) groups is 2. The number of amides is 1. The van der Waals surface area contributed by atoms with Crippen molar-refractivity contribution in [3.05, 3.63) is 108 Å². The van der Waals surface area contributed by atoms with Gasteiger partial charge in [-0.2, -0.15) is 0 Å². The summed E-state index contributed by atoms with van der Waals surface area (Å²) in [6, 6.07) is 26.0. The Morgan fingerprint density at radius 2 is 1.57 bits per heavy atom. The molecule has 188 valence electrons. The van der Waals surface area contributed by atoms with E-state index in [1.807, 2.05) is 49.4 Å². The lowest BCUT2D eigenvalue weighted by molar-refractivity contribution is -0.111. The lowest BCUT2D eigenvalue weighted by Crippen LogP contribution is -2.16. The fourth-order valence-electron chi connectivity index (χ4n) is 3.79. The second kappa shape index (κ2) is 11.1. The fraction of sp³-hybridized carbons (Fsp3) is 0.103. The van der Waals surface area contributed by atoms with Gasteiger partial charge in [0.1, 0.15) is 0 Å². The maximum Gasteiger partial charge on any atom is 0.340 e. The first-order chi connectivity index (χ1) is 17.8. The summed E-state index contributed by atoms with van der Waals surface area (Å²) in [6.07, 6.45) is 1.45. The van der Waals surface area contributed by atoms with Gasteiger partial charge in [-0.15, -0.1) is 0 Å². The molecule has 0 atom stereocenters. The third-order valence-corrected chi connectivity index (χ3v) is 7.03. The second-order valence-electron chi connectivity index (χ2n) is 8.28. The zero-order valence-electron chi connectivity index (χ0n) is 20.4. The topological polar surface area (TPSA) is 102 Å². The molecule has 4 aromatic rings. The molecule has 0 aliphatic heterocycles. The molecule has 0 aromatic heterocycles. The van der Waals surface area contributed by atoms with Crippen LogP contribution in [-0.2, 0) is 19.6 Å². The monoisotopic (exact) mass is 514 g/mol. The maximum atomic E-state index is 12.8. The molecule has 0 saturated carbocycles. The molecule has 0 heterocycles. The van der Waals surface area contributed by atoms with Crippen LogP contribution in [0.4, 0.5) is 11.4 Å². The minimum atomic E-state index is -3.87. The van der Waals surface area contributed by atoms with Crippen molar-refractivity contribution in [1.82, 2.24) is 0 Å². The third kappa shape index (κ3) is 6.23. The molecule has 7 nitrogen and oxygen atoms in total. The lowest BCUT2D eigenvalue weighted by Gasteiger charge is -2.13. The van der Waals surface area contributed by atoms with Gasteiger partial charge in [0.15, 0.2) is 0 Å². The first-order valence-electron chi connectivity index (χ1n) is 11.6. The number of rotatable bonds is 8. The Hall–Kier alpha value is -4.43. The van der Waals surface area contributed by atoms with E-state index in [4.69, 9.17) is 4.74 Å². The van der Waals surface area contributed by atoms with Crippen LogP contribution in [0, 0.1) is 0 Å². The van der Waals surface area contributed by atoms with Crippen LogP contribution < -0.4 is 10.0 Å². The van der Waals surface area contributed by atoms with E-state index in [9.17, 15) is 18.0 Å². The zero-order chi connectivity index (χ0) is 26.4. The SMILES string of the molecule is CCOC(=O)c1cc(NS(=O)(=O)c2ccccc2)ccc1NC(=O)/C=C(/C)c1ccc2ccccc2c1. The van der Waals surface area contributed by atoms with E-state index in [0.717, 1.165) is 21.9 Å². The van der Waals surface area contributed by atoms with Crippen molar-refractivity contribution in [2.75, 3.05) is 16.6 Å². The molecule has 0 aliphatic rings. The largest absolute Gasteiger partial charge is 0.462 e. The molecule has 0 spiro atoms. The van der Waals surface area contributed by atoms with Gasteiger partial charge in [-0.05, 0) is 72.2 Å². The molecular weight excluding hydrogens is 488 g/mol. The van der Waals surface area contributed by atoms with Crippen LogP contribution in [0.15, 0.2) is 102 Å². The van der Waals surface area contributed by atoms with Gasteiger partial charge in [0.2, 0.25) is 5.91 Å². The lowest BCUT2D eigenvalue weighted by atomic mass is 10.0. The smallest absolute Gasteiger partial charge is 0.340 e. The first-order valence-corrected chi connectivity index (χ1v) is 13.1. The summed E-state index contributed by atoms with van der Waals surface area (Å²) in [4.78, 5) is 25.6. The van der Waals surface area contributed by atoms with Crippen molar-refractivity contribution in [2.24, 2.45) is 0 Å². The van der Waals surface area contributed by atoms with Gasteiger partial charge in [-0.3, -0.25) is 9.52 Å². The average molecular weight is 515 g/mol. The Labute approximate surface area is 215 Å². The number of benzene rings is 4. The van der Waals surface area contributed by atoms with Gasteiger partial charge >= 0.3 is 5.97 Å². The molecule has 4 aromatic carbocycles. The van der Waals surface area contributed by atoms with Gasteiger partial charge < -0.3 is 10.1 Å². The Balaban J connectivity index is 1.58. The van der Waals surface area contributed by atoms with E-state index in [0.29, 0.717) is 0 Å². The molecule has 4 rings (SSSR count). The highest BCUT2D eigenvalue weighted by molar-refractivity contribution is 7.92. The van der Waals surface area contributed by atoms with Crippen molar-refractivity contribution in [1.29, 1.82) is 0 Å². The van der Waals surface area contributed by atoms with Gasteiger partial charge in [0.25, 0.3) is 10.0 Å². The number of esters is 1. The van der Waals surface area contributed by atoms with E-state index in [-0.39, 0.29) is 28.4 Å². The third-order valence-electron chi connectivity index (χ3n) is 5.63. The summed E-state index contributed by atoms with van der Waals surface area (Å²) in [5, 5.41) is 4.88. The zero-order valence-corrected chi connectivity index (χ0v) is 21.2. The number of allylic oxidation sites excluding steroid dienone is 1. The molecule has 37 heavy (non-hydrogen) atoms. The first kappa shape index (κ1) is 25.7. The molecular formula is C29H26N2O5S. The number of carbonyl (C=O) groups excluding carboxylic acids is 2. The fourth-order valence-corrected chi connectivity index (χ4v) is 4.86. The Kier molecular flexibility index (Phi) is 7.69. The number of hydrogen-bond acceptors (Lipinski definition) is 5. The van der Waals surface area contributed by atoms with Crippen molar-refractivity contribution >= 4 is 49.6 Å². The number of fused-ring (bicyclic) bond motifs is 1. The summed E-state index contributed by atoms with van der Waals surface area (Å²) >= 11 is 0. The van der Waals surface area contributed by atoms with Gasteiger partial charge in [-0.25, -0.2) is 13.2 Å². The minimum absolute atomic E-state index is 0.0280. The van der Waals surface area contributed by atoms with Crippen LogP contribution >= 0.6 is 0 Å². The minimum Gasteiger partial charge on any atom is -0.462 e. The van der Waals surface area contributed by atoms with E-state index < -0.39 is 21.9 Å². The van der Waals surface area contributed by atoms with Crippen LogP contribution in [0.5, 0.6) is 0 Å². The molecule has 0 saturated heterocycles. The highest BCUT2D eigenvalue weighted by Crippen LogP contribution is 2.25. The van der Waals surface area contributed by atoms with Gasteiger partial charge in [-0.1, -0.05) is 54.6 Å². The van der Waals surface area contributed by atoms with E-state index >= 15 is 0 Å². The molecule has 1 amide bonds. The molecule has 8 heteroatoms. The summed E-state index contributed by atoms with van der Waals surface area (Å²) in [5.74, 6) is -1.12. The van der Waals surface area contributed by atoms with Gasteiger partial charge in [0, 0.05) is 11.8 Å². The van der Waals surface area contributed by atoms with Crippen LogP contribution in [0.3, 0.4) is 0 Å². The molecule has 0 unspecified atom stereocenters. The maximum absolute atomic E-state index is 12.8. The Morgan fingerprint density at radius 3 is 2.30 bits per heavy atom. The average Bonchev–Trinajstić information content (AvgIpc) is 2.89. The van der Waals surface area contributed by atoms with E-state index in [2.05, 4.69) is 10.0 Å². The standard InChI is InChI=1S/C29H26N2O5S/c1-3-36-29(33)26-19-24(31-37(34,35)25-11-5-4-6-12-25)15-16-27(26)30-28(32)17-20(2)22-14-13-21-9-7-8-10-23(21)18-22/h4-19,31H,3H2,1-2H3,(H,30,32)/b20-17-. The predicted octanol–water partition coefficient (Wildman–Crippen LogP) is 5.86. The van der Waals surface area contributed by atoms with Crippen molar-refractivity contribution in [3.63, 3.8) is 0 Å². The molecule has 0 radical (unpaired) electrons. The normalized spacial score (nSPS) is 11.7. The number of nitrogens with one attached hydrogen (secondary N) is 2. The number of ether oxygens (including phenoxy) is 1. The van der Waals surface area contributed by atoms with Crippen molar-refractivity contribution < 1.29 is 22.7 Å². The van der Waals surface area contributed by atoms with Crippen LogP contribution in [0.1, 0.15) is 29.8 Å². The second-order valence-corrected chi connectivity index (χ2v) is 9.96. The van der Waals surface area contributed by atoms with Crippen molar-refractivity contribution in [3.8, 4) is 0 Å². The molecule has 0 aliphatic carbocycles. The summed E-state index contributed by atoms with van der Waals surface area (Å²) in [5.41, 5.74) is 2.03. The van der Waals surface area contributed by atoms with Crippen molar-refractivity contribution in [2.45, 2.75) is 18.7 Å². The number of hydrogen-bond donors (Lipinski definition) is 2. The number of anilines is 2. The van der Waals surface area contributed by atoms with Crippen LogP contribution in [0.2, 0.25) is 0 Å². The summed E-state index contributed by atoms with van der Waals surface area (Å²) in [7, 11) is -3.87. The summed E-state index contributed by atoms with van der Waals surface area (Å²) in [6.45, 7) is 3.61. The molecule has 0 bridgehead atoms. The van der Waals surface area contributed by atoms with Crippen LogP contribution in [-0.4, -0.2) is 26.9 Å². The van der Waals surface area contributed by atoms with Gasteiger partial charge in [0.05, 0.1) is 22.8 Å². The quantitative estimate of drug-likeness (QED) is 0.227. The van der Waals surface area contributed by atoms with E-state index in [1.54, 1.807) is 25.1 Å². The highest BCUT2D eigenvalue weighted by Gasteiger charge is 2.19. The molecule has 2 N–H and O–H groups in total. The Bertz CT molecular complexity index is 1600. The summed E-state index contributed by atoms with van der Waals surface area (Å²) < 4.78 is 33.0. The Morgan fingerprint density at radius 1 is 0.865 bits per heavy atom.